The third-order valence-corrected chi connectivity index (χ3v) is 4.48. The number of piperidine rings is 1. The van der Waals surface area contributed by atoms with Crippen LogP contribution in [0.3, 0.4) is 0 Å². The average molecular weight is 243 g/mol. The molecule has 4 heteroatoms. The van der Waals surface area contributed by atoms with Gasteiger partial charge in [0.05, 0.1) is 5.56 Å². The zero-order chi connectivity index (χ0) is 11.7. The molecule has 1 aliphatic rings. The van der Waals surface area contributed by atoms with Crippen LogP contribution in [0.1, 0.15) is 29.2 Å². The Labute approximate surface area is 104 Å². The van der Waals surface area contributed by atoms with Crippen LogP contribution in [0, 0.1) is 11.3 Å². The summed E-state index contributed by atoms with van der Waals surface area (Å²) in [5, 5.41) is 13.4. The molecule has 0 radical (unpaired) electrons. The Bertz CT molecular complexity index is 576. The molecular formula is C13H13N3S. The lowest BCUT2D eigenvalue weighted by atomic mass is 9.96. The van der Waals surface area contributed by atoms with Crippen molar-refractivity contribution in [2.75, 3.05) is 13.1 Å². The normalized spacial score (nSPS) is 17.1. The summed E-state index contributed by atoms with van der Waals surface area (Å²) in [6, 6.07) is 6.29. The second-order valence-corrected chi connectivity index (χ2v) is 5.47. The topological polar surface area (TPSA) is 48.7 Å². The number of nitriles is 1. The molecule has 86 valence electrons. The van der Waals surface area contributed by atoms with Crippen molar-refractivity contribution in [2.45, 2.75) is 18.8 Å². The molecule has 0 saturated carbocycles. The van der Waals surface area contributed by atoms with Crippen molar-refractivity contribution in [3.05, 3.63) is 28.8 Å². The Morgan fingerprint density at radius 2 is 2.18 bits per heavy atom. The number of hydrogen-bond donors (Lipinski definition) is 1. The Kier molecular flexibility index (Phi) is 2.79. The zero-order valence-corrected chi connectivity index (χ0v) is 10.3. The minimum Gasteiger partial charge on any atom is -0.317 e. The van der Waals surface area contributed by atoms with E-state index in [1.54, 1.807) is 17.5 Å². The summed E-state index contributed by atoms with van der Waals surface area (Å²) in [4.78, 5) is 6.82. The van der Waals surface area contributed by atoms with E-state index in [0.717, 1.165) is 23.3 Å². The number of aromatic nitrogens is 1. The summed E-state index contributed by atoms with van der Waals surface area (Å²) < 4.78 is 0. The fourth-order valence-corrected chi connectivity index (χ4v) is 3.47. The molecule has 0 unspecified atom stereocenters. The molecule has 3 heterocycles. The molecule has 1 saturated heterocycles. The summed E-state index contributed by atoms with van der Waals surface area (Å²) in [6.07, 6.45) is 4.07. The van der Waals surface area contributed by atoms with Gasteiger partial charge in [-0.05, 0) is 44.0 Å². The van der Waals surface area contributed by atoms with E-state index in [1.807, 2.05) is 6.07 Å². The molecule has 1 aliphatic heterocycles. The van der Waals surface area contributed by atoms with Gasteiger partial charge in [-0.15, -0.1) is 11.3 Å². The van der Waals surface area contributed by atoms with Gasteiger partial charge in [0, 0.05) is 16.5 Å². The maximum atomic E-state index is 8.86. The highest BCUT2D eigenvalue weighted by Gasteiger charge is 2.17. The van der Waals surface area contributed by atoms with E-state index < -0.39 is 0 Å². The molecule has 0 aromatic carbocycles. The fraction of sp³-hybridized carbons (Fsp3) is 0.385. The standard InChI is InChI=1S/C13H13N3S/c14-7-9-5-11-6-12(17-13(11)16-8-9)10-1-3-15-4-2-10/h5-6,8,10,15H,1-4H2. The number of nitrogens with zero attached hydrogens (tertiary/aromatic N) is 2. The van der Waals surface area contributed by atoms with E-state index >= 15 is 0 Å². The first-order chi connectivity index (χ1) is 8.36. The smallest absolute Gasteiger partial charge is 0.123 e. The maximum absolute atomic E-state index is 8.86. The highest BCUT2D eigenvalue weighted by Crippen LogP contribution is 2.34. The Morgan fingerprint density at radius 1 is 1.35 bits per heavy atom. The molecule has 2 aromatic rings. The summed E-state index contributed by atoms with van der Waals surface area (Å²) in [7, 11) is 0. The van der Waals surface area contributed by atoms with Crippen LogP contribution in [0.2, 0.25) is 0 Å². The van der Waals surface area contributed by atoms with E-state index in [-0.39, 0.29) is 0 Å². The van der Waals surface area contributed by atoms with Crippen LogP contribution < -0.4 is 5.32 Å². The predicted octanol–water partition coefficient (Wildman–Crippen LogP) is 2.63. The summed E-state index contributed by atoms with van der Waals surface area (Å²) in [5.41, 5.74) is 0.646. The Morgan fingerprint density at radius 3 is 2.94 bits per heavy atom. The number of hydrogen-bond acceptors (Lipinski definition) is 4. The first kappa shape index (κ1) is 10.7. The quantitative estimate of drug-likeness (QED) is 0.837. The molecular weight excluding hydrogens is 230 g/mol. The molecule has 0 spiro atoms. The largest absolute Gasteiger partial charge is 0.317 e. The number of fused-ring (bicyclic) bond motifs is 1. The molecule has 3 nitrogen and oxygen atoms in total. The minimum atomic E-state index is 0.646. The highest BCUT2D eigenvalue weighted by molar-refractivity contribution is 7.18. The number of pyridine rings is 1. The van der Waals surface area contributed by atoms with Crippen molar-refractivity contribution in [3.63, 3.8) is 0 Å². The monoisotopic (exact) mass is 243 g/mol. The molecule has 1 fully saturated rings. The van der Waals surface area contributed by atoms with Crippen molar-refractivity contribution < 1.29 is 0 Å². The molecule has 3 rings (SSSR count). The second-order valence-electron chi connectivity index (χ2n) is 4.40. The van der Waals surface area contributed by atoms with Gasteiger partial charge in [-0.2, -0.15) is 5.26 Å². The van der Waals surface area contributed by atoms with Crippen molar-refractivity contribution in [1.82, 2.24) is 10.3 Å². The van der Waals surface area contributed by atoms with Crippen LogP contribution in [0.25, 0.3) is 10.2 Å². The third kappa shape index (κ3) is 2.04. The summed E-state index contributed by atoms with van der Waals surface area (Å²) in [6.45, 7) is 2.21. The molecule has 0 amide bonds. The fourth-order valence-electron chi connectivity index (χ4n) is 2.32. The number of nitrogens with one attached hydrogen (secondary N) is 1. The van der Waals surface area contributed by atoms with Crippen LogP contribution in [0.15, 0.2) is 18.3 Å². The van der Waals surface area contributed by atoms with E-state index in [0.29, 0.717) is 11.5 Å². The van der Waals surface area contributed by atoms with Crippen LogP contribution in [0.4, 0.5) is 0 Å². The second kappa shape index (κ2) is 4.44. The molecule has 0 aliphatic carbocycles. The maximum Gasteiger partial charge on any atom is 0.123 e. The van der Waals surface area contributed by atoms with Gasteiger partial charge in [0.25, 0.3) is 0 Å². The van der Waals surface area contributed by atoms with E-state index in [9.17, 15) is 0 Å². The van der Waals surface area contributed by atoms with Crippen LogP contribution >= 0.6 is 11.3 Å². The van der Waals surface area contributed by atoms with Crippen LogP contribution in [-0.2, 0) is 0 Å². The van der Waals surface area contributed by atoms with E-state index in [2.05, 4.69) is 22.4 Å². The van der Waals surface area contributed by atoms with E-state index in [4.69, 9.17) is 5.26 Å². The van der Waals surface area contributed by atoms with Gasteiger partial charge in [0.1, 0.15) is 10.9 Å². The van der Waals surface area contributed by atoms with Gasteiger partial charge in [0.2, 0.25) is 0 Å². The highest BCUT2D eigenvalue weighted by atomic mass is 32.1. The first-order valence-electron chi connectivity index (χ1n) is 5.87. The first-order valence-corrected chi connectivity index (χ1v) is 6.69. The molecule has 1 N–H and O–H groups in total. The van der Waals surface area contributed by atoms with Crippen LogP contribution in [-0.4, -0.2) is 18.1 Å². The lowest BCUT2D eigenvalue weighted by Gasteiger charge is -2.21. The van der Waals surface area contributed by atoms with Gasteiger partial charge in [-0.25, -0.2) is 4.98 Å². The van der Waals surface area contributed by atoms with Gasteiger partial charge >= 0.3 is 0 Å². The van der Waals surface area contributed by atoms with Crippen molar-refractivity contribution in [2.24, 2.45) is 0 Å². The SMILES string of the molecule is N#Cc1cnc2sc(C3CCNCC3)cc2c1. The molecule has 2 aromatic heterocycles. The molecule has 0 bridgehead atoms. The molecule has 17 heavy (non-hydrogen) atoms. The summed E-state index contributed by atoms with van der Waals surface area (Å²) >= 11 is 1.77. The van der Waals surface area contributed by atoms with Gasteiger partial charge in [-0.3, -0.25) is 0 Å². The molecule has 0 atom stereocenters. The number of rotatable bonds is 1. The van der Waals surface area contributed by atoms with Gasteiger partial charge in [0.15, 0.2) is 0 Å². The Balaban J connectivity index is 1.98. The predicted molar refractivity (Wildman–Crippen MR) is 69.2 cm³/mol. The lowest BCUT2D eigenvalue weighted by molar-refractivity contribution is 0.465. The van der Waals surface area contributed by atoms with E-state index in [1.165, 1.54) is 17.7 Å². The van der Waals surface area contributed by atoms with Gasteiger partial charge in [-0.1, -0.05) is 0 Å². The number of thiophene rings is 1. The zero-order valence-electron chi connectivity index (χ0n) is 9.44. The average Bonchev–Trinajstić information content (AvgIpc) is 2.82. The third-order valence-electron chi connectivity index (χ3n) is 3.26. The summed E-state index contributed by atoms with van der Waals surface area (Å²) in [5.74, 6) is 0.668. The van der Waals surface area contributed by atoms with Crippen molar-refractivity contribution >= 4 is 21.6 Å². The van der Waals surface area contributed by atoms with Crippen molar-refractivity contribution in [1.29, 1.82) is 5.26 Å². The minimum absolute atomic E-state index is 0.646. The Hall–Kier alpha value is -1.44. The van der Waals surface area contributed by atoms with Crippen LogP contribution in [0.5, 0.6) is 0 Å². The van der Waals surface area contributed by atoms with Crippen molar-refractivity contribution in [3.8, 4) is 6.07 Å². The van der Waals surface area contributed by atoms with Gasteiger partial charge < -0.3 is 5.32 Å². The lowest BCUT2D eigenvalue weighted by Crippen LogP contribution is -2.26.